The van der Waals surface area contributed by atoms with Gasteiger partial charge in [0, 0.05) is 25.8 Å². The van der Waals surface area contributed by atoms with Crippen molar-refractivity contribution in [2.75, 3.05) is 25.1 Å². The van der Waals surface area contributed by atoms with Crippen molar-refractivity contribution < 1.29 is 18.0 Å². The molecule has 146 valence electrons. The van der Waals surface area contributed by atoms with Gasteiger partial charge in [-0.1, -0.05) is 19.9 Å². The molecular formula is C18H24N4O4S. The maximum Gasteiger partial charge on any atom is 0.287 e. The second-order valence-corrected chi connectivity index (χ2v) is 9.55. The van der Waals surface area contributed by atoms with Gasteiger partial charge in [-0.2, -0.15) is 0 Å². The first-order valence-corrected chi connectivity index (χ1v) is 10.7. The van der Waals surface area contributed by atoms with Crippen molar-refractivity contribution >= 4 is 27.2 Å². The zero-order valence-corrected chi connectivity index (χ0v) is 16.5. The van der Waals surface area contributed by atoms with E-state index in [4.69, 9.17) is 0 Å². The molecule has 8 nitrogen and oxygen atoms in total. The molecule has 1 atom stereocenters. The predicted octanol–water partition coefficient (Wildman–Crippen LogP) is 0.979. The average Bonchev–Trinajstić information content (AvgIpc) is 3.18. The first kappa shape index (κ1) is 19.3. The molecule has 3 heterocycles. The van der Waals surface area contributed by atoms with Crippen LogP contribution in [-0.4, -0.2) is 65.7 Å². The zero-order chi connectivity index (χ0) is 19.8. The summed E-state index contributed by atoms with van der Waals surface area (Å²) in [6.45, 7) is 4.48. The summed E-state index contributed by atoms with van der Waals surface area (Å²) in [6.07, 6.45) is 2.10. The highest BCUT2D eigenvalue weighted by Crippen LogP contribution is 2.21. The van der Waals surface area contributed by atoms with Gasteiger partial charge in [-0.05, 0) is 24.5 Å². The lowest BCUT2D eigenvalue weighted by Crippen LogP contribution is -2.38. The number of carbonyl (C=O) groups is 2. The third kappa shape index (κ3) is 3.97. The minimum absolute atomic E-state index is 0.0389. The second-order valence-electron chi connectivity index (χ2n) is 7.32. The van der Waals surface area contributed by atoms with E-state index >= 15 is 0 Å². The van der Waals surface area contributed by atoms with Crippen molar-refractivity contribution in [1.29, 1.82) is 0 Å². The maximum absolute atomic E-state index is 13.0. The molecule has 9 heteroatoms. The molecule has 0 aromatic carbocycles. The van der Waals surface area contributed by atoms with E-state index in [1.54, 1.807) is 35.8 Å². The molecule has 1 unspecified atom stereocenters. The third-order valence-electron chi connectivity index (χ3n) is 4.70. The van der Waals surface area contributed by atoms with Gasteiger partial charge in [0.25, 0.3) is 11.8 Å². The van der Waals surface area contributed by atoms with Gasteiger partial charge in [0.15, 0.2) is 15.5 Å². The molecule has 3 rings (SSSR count). The van der Waals surface area contributed by atoms with Crippen LogP contribution in [0.3, 0.4) is 0 Å². The van der Waals surface area contributed by atoms with Crippen LogP contribution in [0.2, 0.25) is 0 Å². The van der Waals surface area contributed by atoms with Gasteiger partial charge in [0.1, 0.15) is 0 Å². The third-order valence-corrected chi connectivity index (χ3v) is 6.45. The molecule has 2 amide bonds. The normalized spacial score (nSPS) is 18.7. The van der Waals surface area contributed by atoms with Crippen molar-refractivity contribution in [3.8, 4) is 0 Å². The van der Waals surface area contributed by atoms with Crippen LogP contribution in [0, 0.1) is 5.92 Å². The van der Waals surface area contributed by atoms with Gasteiger partial charge >= 0.3 is 0 Å². The fraction of sp³-hybridized carbons (Fsp3) is 0.500. The molecule has 1 fully saturated rings. The number of carbonyl (C=O) groups excluding carboxylic acids is 2. The van der Waals surface area contributed by atoms with Crippen LogP contribution < -0.4 is 5.32 Å². The molecule has 0 radical (unpaired) electrons. The molecule has 1 aliphatic rings. The number of rotatable bonds is 5. The molecule has 1 aliphatic heterocycles. The van der Waals surface area contributed by atoms with Crippen LogP contribution in [0.4, 0.5) is 0 Å². The van der Waals surface area contributed by atoms with Gasteiger partial charge in [-0.15, -0.1) is 0 Å². The van der Waals surface area contributed by atoms with Crippen molar-refractivity contribution in [3.05, 3.63) is 35.9 Å². The van der Waals surface area contributed by atoms with Gasteiger partial charge in [-0.3, -0.25) is 14.0 Å². The first-order valence-electron chi connectivity index (χ1n) is 8.92. The van der Waals surface area contributed by atoms with Crippen molar-refractivity contribution in [2.24, 2.45) is 5.92 Å². The first-order chi connectivity index (χ1) is 12.7. The Morgan fingerprint density at radius 1 is 1.37 bits per heavy atom. The number of hydrogen-bond acceptors (Lipinski definition) is 5. The Kier molecular flexibility index (Phi) is 5.23. The lowest BCUT2D eigenvalue weighted by molar-refractivity contribution is 0.0744. The van der Waals surface area contributed by atoms with Crippen LogP contribution in [0.15, 0.2) is 24.4 Å². The smallest absolute Gasteiger partial charge is 0.287 e. The molecule has 1 N–H and O–H groups in total. The Hall–Kier alpha value is -2.42. The Morgan fingerprint density at radius 2 is 2.11 bits per heavy atom. The van der Waals surface area contributed by atoms with Crippen molar-refractivity contribution in [3.63, 3.8) is 0 Å². The van der Waals surface area contributed by atoms with Gasteiger partial charge in [-0.25, -0.2) is 13.4 Å². The standard InChI is InChI=1S/C18H24N4O4S/c1-12(2)10-19-17(23)16-20-15(14-6-4-5-8-22(14)16)18(24)21(3)13-7-9-27(25,26)11-13/h4-6,8,12-13H,7,9-11H2,1-3H3,(H,19,23). The molecule has 0 aliphatic carbocycles. The summed E-state index contributed by atoms with van der Waals surface area (Å²) in [5.74, 6) is -0.261. The van der Waals surface area contributed by atoms with Crippen LogP contribution in [0.25, 0.3) is 5.52 Å². The van der Waals surface area contributed by atoms with Crippen LogP contribution in [0.1, 0.15) is 41.4 Å². The number of aromatic nitrogens is 2. The highest BCUT2D eigenvalue weighted by molar-refractivity contribution is 7.91. The summed E-state index contributed by atoms with van der Waals surface area (Å²) >= 11 is 0. The number of nitrogens with zero attached hydrogens (tertiary/aromatic N) is 3. The summed E-state index contributed by atoms with van der Waals surface area (Å²) in [7, 11) is -1.52. The van der Waals surface area contributed by atoms with Crippen LogP contribution in [-0.2, 0) is 9.84 Å². The summed E-state index contributed by atoms with van der Waals surface area (Å²) < 4.78 is 25.0. The minimum atomic E-state index is -3.11. The number of nitrogens with one attached hydrogen (secondary N) is 1. The molecule has 0 saturated carbocycles. The number of pyridine rings is 1. The predicted molar refractivity (Wildman–Crippen MR) is 102 cm³/mol. The number of imidazole rings is 1. The molecule has 2 aromatic heterocycles. The van der Waals surface area contributed by atoms with E-state index in [9.17, 15) is 18.0 Å². The largest absolute Gasteiger partial charge is 0.349 e. The van der Waals surface area contributed by atoms with Gasteiger partial charge in [0.2, 0.25) is 5.82 Å². The summed E-state index contributed by atoms with van der Waals surface area (Å²) in [5, 5.41) is 2.81. The van der Waals surface area contributed by atoms with E-state index < -0.39 is 9.84 Å². The fourth-order valence-corrected chi connectivity index (χ4v) is 4.92. The zero-order valence-electron chi connectivity index (χ0n) is 15.7. The number of hydrogen-bond donors (Lipinski definition) is 1. The van der Waals surface area contributed by atoms with Gasteiger partial charge in [0.05, 0.1) is 17.0 Å². The van der Waals surface area contributed by atoms with Crippen molar-refractivity contribution in [1.82, 2.24) is 19.6 Å². The lowest BCUT2D eigenvalue weighted by Gasteiger charge is -2.22. The topological polar surface area (TPSA) is 101 Å². The quantitative estimate of drug-likeness (QED) is 0.817. The van der Waals surface area contributed by atoms with E-state index in [2.05, 4.69) is 10.3 Å². The Morgan fingerprint density at radius 3 is 2.74 bits per heavy atom. The summed E-state index contributed by atoms with van der Waals surface area (Å²) in [5.41, 5.74) is 0.669. The fourth-order valence-electron chi connectivity index (χ4n) is 3.14. The van der Waals surface area contributed by atoms with E-state index in [0.717, 1.165) is 0 Å². The number of sulfone groups is 1. The van der Waals surface area contributed by atoms with Crippen LogP contribution in [0.5, 0.6) is 0 Å². The van der Waals surface area contributed by atoms with Crippen LogP contribution >= 0.6 is 0 Å². The molecule has 27 heavy (non-hydrogen) atoms. The molecule has 0 bridgehead atoms. The van der Waals surface area contributed by atoms with E-state index in [0.29, 0.717) is 18.5 Å². The van der Waals surface area contributed by atoms with E-state index in [-0.39, 0.29) is 46.8 Å². The summed E-state index contributed by atoms with van der Waals surface area (Å²) in [6, 6.07) is 4.87. The minimum Gasteiger partial charge on any atom is -0.349 e. The number of amides is 2. The molecular weight excluding hydrogens is 368 g/mol. The lowest BCUT2D eigenvalue weighted by atomic mass is 10.2. The van der Waals surface area contributed by atoms with Crippen molar-refractivity contribution in [2.45, 2.75) is 26.3 Å². The monoisotopic (exact) mass is 392 g/mol. The highest BCUT2D eigenvalue weighted by Gasteiger charge is 2.34. The van der Waals surface area contributed by atoms with E-state index in [1.807, 2.05) is 13.8 Å². The van der Waals surface area contributed by atoms with E-state index in [1.165, 1.54) is 4.90 Å². The second kappa shape index (κ2) is 7.30. The Bertz CT molecular complexity index is 980. The molecule has 1 saturated heterocycles. The maximum atomic E-state index is 13.0. The highest BCUT2D eigenvalue weighted by atomic mass is 32.2. The average molecular weight is 392 g/mol. The SMILES string of the molecule is CC(C)CNC(=O)c1nc(C(=O)N(C)C2CCS(=O)(=O)C2)c2ccccn12. The van der Waals surface area contributed by atoms with Gasteiger partial charge < -0.3 is 10.2 Å². The number of fused-ring (bicyclic) bond motifs is 1. The Labute approximate surface area is 158 Å². The molecule has 0 spiro atoms. The Balaban J connectivity index is 1.92. The molecule has 2 aromatic rings. The summed E-state index contributed by atoms with van der Waals surface area (Å²) in [4.78, 5) is 31.2.